The molecule has 37 heavy (non-hydrogen) atoms. The Morgan fingerprint density at radius 2 is 1.11 bits per heavy atom. The Morgan fingerprint density at radius 1 is 0.649 bits per heavy atom. The molecule has 0 aromatic heterocycles. The van der Waals surface area contributed by atoms with E-state index < -0.39 is 5.97 Å². The van der Waals surface area contributed by atoms with Crippen molar-refractivity contribution in [1.29, 1.82) is 0 Å². The maximum absolute atomic E-state index is 11.4. The summed E-state index contributed by atoms with van der Waals surface area (Å²) in [6.07, 6.45) is 27.7. The van der Waals surface area contributed by atoms with Gasteiger partial charge in [-0.1, -0.05) is 97.0 Å². The molecule has 0 bridgehead atoms. The van der Waals surface area contributed by atoms with Crippen LogP contribution in [0, 0.1) is 0 Å². The monoisotopic (exact) mass is 508 g/mol. The molecule has 0 saturated carbocycles. The van der Waals surface area contributed by atoms with Gasteiger partial charge < -0.3 is 14.6 Å². The summed E-state index contributed by atoms with van der Waals surface area (Å²) in [5.74, 6) is 0.283. The van der Waals surface area contributed by atoms with Gasteiger partial charge >= 0.3 is 5.97 Å². The van der Waals surface area contributed by atoms with E-state index in [1.165, 1.54) is 83.5 Å². The standard InChI is InChI=1S/C33H48O4/c1-3-5-7-9-11-13-15-17-19-23-36-31-26-28-21-22-29(33(34)35)25-30(28)27-32(31)37-24-20-18-16-14-12-10-8-6-4-2/h19-27H,3-18H2,1-2H3,(H,34,35). The summed E-state index contributed by atoms with van der Waals surface area (Å²) in [5.41, 5.74) is 0.260. The number of allylic oxidation sites excluding steroid dienone is 2. The molecule has 2 aromatic rings. The fourth-order valence-electron chi connectivity index (χ4n) is 4.39. The van der Waals surface area contributed by atoms with Crippen LogP contribution < -0.4 is 9.47 Å². The van der Waals surface area contributed by atoms with Gasteiger partial charge in [0.15, 0.2) is 11.5 Å². The van der Waals surface area contributed by atoms with Gasteiger partial charge in [0, 0.05) is 0 Å². The van der Waals surface area contributed by atoms with E-state index in [-0.39, 0.29) is 5.56 Å². The lowest BCUT2D eigenvalue weighted by Gasteiger charge is -2.10. The molecule has 204 valence electrons. The third-order valence-corrected chi connectivity index (χ3v) is 6.68. The van der Waals surface area contributed by atoms with Crippen molar-refractivity contribution in [3.8, 4) is 11.5 Å². The summed E-state index contributed by atoms with van der Waals surface area (Å²) in [7, 11) is 0. The van der Waals surface area contributed by atoms with Gasteiger partial charge in [-0.15, -0.1) is 0 Å². The number of rotatable bonds is 21. The number of hydrogen-bond acceptors (Lipinski definition) is 3. The summed E-state index contributed by atoms with van der Waals surface area (Å²) < 4.78 is 11.9. The Bertz CT molecular complexity index is 960. The van der Waals surface area contributed by atoms with E-state index in [1.807, 2.05) is 18.2 Å². The van der Waals surface area contributed by atoms with Crippen LogP contribution in [-0.2, 0) is 0 Å². The fraction of sp³-hybridized carbons (Fsp3) is 0.545. The number of carboxylic acid groups (broad SMARTS) is 1. The fourth-order valence-corrected chi connectivity index (χ4v) is 4.39. The molecule has 0 saturated heterocycles. The Balaban J connectivity index is 1.91. The highest BCUT2D eigenvalue weighted by Crippen LogP contribution is 2.34. The SMILES string of the molecule is CCCCCCCCCC=COc1cc2ccc(C(=O)O)cc2cc1OC=CCCCCCCCCC. The predicted molar refractivity (Wildman–Crippen MR) is 156 cm³/mol. The highest BCUT2D eigenvalue weighted by atomic mass is 16.5. The topological polar surface area (TPSA) is 55.8 Å². The maximum atomic E-state index is 11.4. The Kier molecular flexibility index (Phi) is 16.0. The zero-order valence-electron chi connectivity index (χ0n) is 23.2. The molecule has 0 aliphatic heterocycles. The van der Waals surface area contributed by atoms with Crippen molar-refractivity contribution in [2.75, 3.05) is 0 Å². The maximum Gasteiger partial charge on any atom is 0.335 e. The molecule has 0 fully saturated rings. The number of carboxylic acids is 1. The van der Waals surface area contributed by atoms with E-state index in [0.717, 1.165) is 30.0 Å². The van der Waals surface area contributed by atoms with Gasteiger partial charge in [-0.05, 0) is 72.9 Å². The minimum atomic E-state index is -0.937. The van der Waals surface area contributed by atoms with E-state index in [2.05, 4.69) is 26.0 Å². The van der Waals surface area contributed by atoms with Gasteiger partial charge in [0.1, 0.15) is 0 Å². The number of aromatic carboxylic acids is 1. The van der Waals surface area contributed by atoms with E-state index in [1.54, 1.807) is 24.7 Å². The lowest BCUT2D eigenvalue weighted by atomic mass is 10.1. The van der Waals surface area contributed by atoms with Crippen LogP contribution in [0.1, 0.15) is 127 Å². The highest BCUT2D eigenvalue weighted by Gasteiger charge is 2.10. The van der Waals surface area contributed by atoms with Crippen molar-refractivity contribution < 1.29 is 19.4 Å². The average Bonchev–Trinajstić information content (AvgIpc) is 2.90. The van der Waals surface area contributed by atoms with Gasteiger partial charge in [0.25, 0.3) is 0 Å². The molecule has 0 aliphatic rings. The Labute approximate surface area is 224 Å². The second kappa shape index (κ2) is 19.4. The van der Waals surface area contributed by atoms with Crippen LogP contribution in [0.25, 0.3) is 10.8 Å². The highest BCUT2D eigenvalue weighted by molar-refractivity contribution is 5.95. The second-order valence-corrected chi connectivity index (χ2v) is 9.97. The van der Waals surface area contributed by atoms with Crippen LogP contribution in [0.2, 0.25) is 0 Å². The van der Waals surface area contributed by atoms with Crippen LogP contribution in [-0.4, -0.2) is 11.1 Å². The number of fused-ring (bicyclic) bond motifs is 1. The molecule has 0 spiro atoms. The van der Waals surface area contributed by atoms with E-state index in [0.29, 0.717) is 11.5 Å². The summed E-state index contributed by atoms with van der Waals surface area (Å²) in [6.45, 7) is 4.49. The van der Waals surface area contributed by atoms with Crippen LogP contribution in [0.5, 0.6) is 11.5 Å². The molecule has 2 aromatic carbocycles. The molecule has 0 atom stereocenters. The van der Waals surface area contributed by atoms with Crippen molar-refractivity contribution >= 4 is 16.7 Å². The molecule has 0 amide bonds. The van der Waals surface area contributed by atoms with Crippen LogP contribution in [0.3, 0.4) is 0 Å². The van der Waals surface area contributed by atoms with Crippen LogP contribution in [0.4, 0.5) is 0 Å². The molecular formula is C33H48O4. The van der Waals surface area contributed by atoms with E-state index in [9.17, 15) is 9.90 Å². The molecule has 0 unspecified atom stereocenters. The van der Waals surface area contributed by atoms with Crippen molar-refractivity contribution in [3.63, 3.8) is 0 Å². The molecule has 4 heteroatoms. The third-order valence-electron chi connectivity index (χ3n) is 6.68. The molecule has 0 aliphatic carbocycles. The number of hydrogen-bond donors (Lipinski definition) is 1. The minimum Gasteiger partial charge on any atom is -0.478 e. The predicted octanol–water partition coefficient (Wildman–Crippen LogP) is 10.6. The van der Waals surface area contributed by atoms with E-state index in [4.69, 9.17) is 9.47 Å². The zero-order chi connectivity index (χ0) is 26.6. The van der Waals surface area contributed by atoms with Crippen molar-refractivity contribution in [1.82, 2.24) is 0 Å². The number of ether oxygens (including phenoxy) is 2. The number of benzene rings is 2. The Morgan fingerprint density at radius 3 is 1.59 bits per heavy atom. The first-order chi connectivity index (χ1) is 18.2. The lowest BCUT2D eigenvalue weighted by Crippen LogP contribution is -1.96. The summed E-state index contributed by atoms with van der Waals surface area (Å²) in [6, 6.07) is 8.88. The van der Waals surface area contributed by atoms with Crippen molar-refractivity contribution in [2.24, 2.45) is 0 Å². The Hall–Kier alpha value is -2.75. The van der Waals surface area contributed by atoms with Gasteiger partial charge in [-0.25, -0.2) is 4.79 Å². The molecule has 0 heterocycles. The first kappa shape index (κ1) is 30.5. The summed E-state index contributed by atoms with van der Waals surface area (Å²) in [4.78, 5) is 11.4. The second-order valence-electron chi connectivity index (χ2n) is 9.97. The molecule has 0 radical (unpaired) electrons. The molecule has 1 N–H and O–H groups in total. The smallest absolute Gasteiger partial charge is 0.335 e. The lowest BCUT2D eigenvalue weighted by molar-refractivity contribution is 0.0697. The first-order valence-electron chi connectivity index (χ1n) is 14.6. The van der Waals surface area contributed by atoms with Crippen LogP contribution in [0.15, 0.2) is 55.0 Å². The van der Waals surface area contributed by atoms with Crippen molar-refractivity contribution in [3.05, 3.63) is 60.6 Å². The third kappa shape index (κ3) is 12.9. The minimum absolute atomic E-state index is 0.260. The number of carbonyl (C=O) groups is 1. The van der Waals surface area contributed by atoms with Gasteiger partial charge in [-0.2, -0.15) is 0 Å². The van der Waals surface area contributed by atoms with Gasteiger partial charge in [0.2, 0.25) is 0 Å². The molecule has 2 rings (SSSR count). The zero-order valence-corrected chi connectivity index (χ0v) is 23.2. The van der Waals surface area contributed by atoms with Crippen molar-refractivity contribution in [2.45, 2.75) is 117 Å². The van der Waals surface area contributed by atoms with Gasteiger partial charge in [-0.3, -0.25) is 0 Å². The van der Waals surface area contributed by atoms with Gasteiger partial charge in [0.05, 0.1) is 18.1 Å². The molecule has 4 nitrogen and oxygen atoms in total. The molecular weight excluding hydrogens is 460 g/mol. The first-order valence-corrected chi connectivity index (χ1v) is 14.6. The quantitative estimate of drug-likeness (QED) is 0.135. The number of unbranched alkanes of at least 4 members (excludes halogenated alkanes) is 14. The van der Waals surface area contributed by atoms with E-state index >= 15 is 0 Å². The largest absolute Gasteiger partial charge is 0.478 e. The van der Waals surface area contributed by atoms with Crippen LogP contribution >= 0.6 is 0 Å². The summed E-state index contributed by atoms with van der Waals surface area (Å²) in [5, 5.41) is 11.1. The summed E-state index contributed by atoms with van der Waals surface area (Å²) >= 11 is 0. The average molecular weight is 509 g/mol. The normalized spacial score (nSPS) is 11.6.